The van der Waals surface area contributed by atoms with E-state index in [0.717, 1.165) is 31.6 Å². The van der Waals surface area contributed by atoms with Gasteiger partial charge in [0.1, 0.15) is 12.4 Å². The maximum absolute atomic E-state index is 12.5. The predicted octanol–water partition coefficient (Wildman–Crippen LogP) is 4.69. The largest absolute Gasteiger partial charge is 0.489 e. The summed E-state index contributed by atoms with van der Waals surface area (Å²) in [7, 11) is 0. The second-order valence-corrected chi connectivity index (χ2v) is 7.74. The van der Waals surface area contributed by atoms with Gasteiger partial charge in [0, 0.05) is 18.7 Å². The molecule has 2 aromatic carbocycles. The van der Waals surface area contributed by atoms with Gasteiger partial charge in [0.2, 0.25) is 11.8 Å². The Morgan fingerprint density at radius 3 is 2.74 bits per heavy atom. The number of para-hydroxylation sites is 2. The lowest BCUT2D eigenvalue weighted by molar-refractivity contribution is -0.116. The molecule has 0 aliphatic carbocycles. The molecule has 1 atom stereocenters. The molecule has 1 heterocycles. The molecule has 1 saturated heterocycles. The van der Waals surface area contributed by atoms with Crippen molar-refractivity contribution in [2.45, 2.75) is 38.7 Å². The summed E-state index contributed by atoms with van der Waals surface area (Å²) in [4.78, 5) is 24.3. The van der Waals surface area contributed by atoms with Crippen LogP contribution in [0.3, 0.4) is 0 Å². The molecular weight excluding hydrogens is 418 g/mol. The van der Waals surface area contributed by atoms with Crippen LogP contribution in [0, 0.1) is 0 Å². The minimum atomic E-state index is -0.270. The standard InChI is InChI=1S/C23H28ClN3O4/c1-2-6-22(28)26-16-10-11-18(24)20(13-16)27-23(29)14-25-19-8-3-4-9-21(19)31-15-17-7-5-12-30-17/h3-4,8-11,13,17,25H,2,5-7,12,14-15H2,1H3,(H,26,28)(H,27,29). The minimum Gasteiger partial charge on any atom is -0.489 e. The van der Waals surface area contributed by atoms with Gasteiger partial charge in [-0.3, -0.25) is 9.59 Å². The first-order valence-corrected chi connectivity index (χ1v) is 10.9. The molecule has 1 unspecified atom stereocenters. The molecule has 1 fully saturated rings. The van der Waals surface area contributed by atoms with E-state index < -0.39 is 0 Å². The fourth-order valence-corrected chi connectivity index (χ4v) is 3.38. The molecule has 0 bridgehead atoms. The second-order valence-electron chi connectivity index (χ2n) is 7.34. The van der Waals surface area contributed by atoms with Gasteiger partial charge in [-0.1, -0.05) is 30.7 Å². The Labute approximate surface area is 187 Å². The molecule has 2 aromatic rings. The van der Waals surface area contributed by atoms with Gasteiger partial charge >= 0.3 is 0 Å². The van der Waals surface area contributed by atoms with Crippen molar-refractivity contribution in [1.82, 2.24) is 0 Å². The zero-order valence-corrected chi connectivity index (χ0v) is 18.3. The van der Waals surface area contributed by atoms with E-state index >= 15 is 0 Å². The number of benzene rings is 2. The van der Waals surface area contributed by atoms with E-state index in [-0.39, 0.29) is 24.5 Å². The third-order valence-corrected chi connectivity index (χ3v) is 5.11. The zero-order chi connectivity index (χ0) is 22.1. The highest BCUT2D eigenvalue weighted by Gasteiger charge is 2.17. The number of amides is 2. The molecule has 0 saturated carbocycles. The van der Waals surface area contributed by atoms with Crippen molar-refractivity contribution >= 4 is 40.5 Å². The molecular formula is C23H28ClN3O4. The summed E-state index contributed by atoms with van der Waals surface area (Å²) >= 11 is 6.20. The Morgan fingerprint density at radius 1 is 1.13 bits per heavy atom. The summed E-state index contributed by atoms with van der Waals surface area (Å²) in [5.74, 6) is 0.320. The molecule has 1 aliphatic rings. The number of rotatable bonds is 10. The topological polar surface area (TPSA) is 88.7 Å². The highest BCUT2D eigenvalue weighted by molar-refractivity contribution is 6.33. The van der Waals surface area contributed by atoms with Crippen molar-refractivity contribution in [3.63, 3.8) is 0 Å². The van der Waals surface area contributed by atoms with Crippen molar-refractivity contribution in [3.8, 4) is 5.75 Å². The van der Waals surface area contributed by atoms with Crippen LogP contribution in [0.2, 0.25) is 5.02 Å². The summed E-state index contributed by atoms with van der Waals surface area (Å²) in [5, 5.41) is 9.06. The molecule has 0 aromatic heterocycles. The van der Waals surface area contributed by atoms with E-state index in [1.807, 2.05) is 31.2 Å². The fourth-order valence-electron chi connectivity index (χ4n) is 3.22. The Kier molecular flexibility index (Phi) is 8.55. The van der Waals surface area contributed by atoms with E-state index in [1.165, 1.54) is 0 Å². The monoisotopic (exact) mass is 445 g/mol. The first-order chi connectivity index (χ1) is 15.0. The van der Waals surface area contributed by atoms with Gasteiger partial charge in [0.25, 0.3) is 0 Å². The molecule has 3 N–H and O–H groups in total. The summed E-state index contributed by atoms with van der Waals surface area (Å²) in [5.41, 5.74) is 1.74. The summed E-state index contributed by atoms with van der Waals surface area (Å²) in [6.45, 7) is 3.23. The molecule has 8 heteroatoms. The van der Waals surface area contributed by atoms with Crippen molar-refractivity contribution < 1.29 is 19.1 Å². The molecule has 7 nitrogen and oxygen atoms in total. The number of halogens is 1. The predicted molar refractivity (Wildman–Crippen MR) is 123 cm³/mol. The van der Waals surface area contributed by atoms with Crippen molar-refractivity contribution in [2.75, 3.05) is 35.7 Å². The van der Waals surface area contributed by atoms with Crippen molar-refractivity contribution in [1.29, 1.82) is 0 Å². The van der Waals surface area contributed by atoms with Crippen LogP contribution in [0.5, 0.6) is 5.75 Å². The van der Waals surface area contributed by atoms with Gasteiger partial charge in [0.05, 0.1) is 29.0 Å². The number of hydrogen-bond donors (Lipinski definition) is 3. The average molecular weight is 446 g/mol. The van der Waals surface area contributed by atoms with Crippen LogP contribution in [0.4, 0.5) is 17.1 Å². The average Bonchev–Trinajstić information content (AvgIpc) is 3.27. The van der Waals surface area contributed by atoms with Gasteiger partial charge in [-0.25, -0.2) is 0 Å². The Balaban J connectivity index is 1.55. The maximum atomic E-state index is 12.5. The molecule has 1 aliphatic heterocycles. The van der Waals surface area contributed by atoms with E-state index in [1.54, 1.807) is 18.2 Å². The highest BCUT2D eigenvalue weighted by atomic mass is 35.5. The van der Waals surface area contributed by atoms with Crippen LogP contribution in [-0.4, -0.2) is 37.7 Å². The first kappa shape index (κ1) is 22.9. The fraction of sp³-hybridized carbons (Fsp3) is 0.391. The Bertz CT molecular complexity index is 900. The van der Waals surface area contributed by atoms with Crippen LogP contribution >= 0.6 is 11.6 Å². The lowest BCUT2D eigenvalue weighted by Crippen LogP contribution is -2.23. The molecule has 31 heavy (non-hydrogen) atoms. The SMILES string of the molecule is CCCC(=O)Nc1ccc(Cl)c(NC(=O)CNc2ccccc2OCC2CCCO2)c1. The molecule has 0 spiro atoms. The third-order valence-electron chi connectivity index (χ3n) is 4.78. The summed E-state index contributed by atoms with van der Waals surface area (Å²) in [6.07, 6.45) is 3.36. The van der Waals surface area contributed by atoms with Crippen LogP contribution in [0.15, 0.2) is 42.5 Å². The molecule has 166 valence electrons. The number of hydrogen-bond acceptors (Lipinski definition) is 5. The van der Waals surface area contributed by atoms with Gasteiger partial charge in [-0.05, 0) is 49.6 Å². The second kappa shape index (κ2) is 11.6. The molecule has 3 rings (SSSR count). The van der Waals surface area contributed by atoms with E-state index in [4.69, 9.17) is 21.1 Å². The smallest absolute Gasteiger partial charge is 0.243 e. The van der Waals surface area contributed by atoms with E-state index in [2.05, 4.69) is 16.0 Å². The van der Waals surface area contributed by atoms with Crippen LogP contribution < -0.4 is 20.7 Å². The van der Waals surface area contributed by atoms with E-state index in [9.17, 15) is 9.59 Å². The van der Waals surface area contributed by atoms with Crippen molar-refractivity contribution in [3.05, 3.63) is 47.5 Å². The van der Waals surface area contributed by atoms with Crippen LogP contribution in [-0.2, 0) is 14.3 Å². The number of anilines is 3. The third kappa shape index (κ3) is 7.15. The van der Waals surface area contributed by atoms with Gasteiger partial charge in [0.15, 0.2) is 0 Å². The normalized spacial score (nSPS) is 15.4. The van der Waals surface area contributed by atoms with E-state index in [0.29, 0.717) is 35.2 Å². The number of carbonyl (C=O) groups excluding carboxylic acids is 2. The highest BCUT2D eigenvalue weighted by Crippen LogP contribution is 2.27. The zero-order valence-electron chi connectivity index (χ0n) is 17.6. The lowest BCUT2D eigenvalue weighted by Gasteiger charge is -2.16. The number of carbonyl (C=O) groups is 2. The first-order valence-electron chi connectivity index (χ1n) is 10.5. The quantitative estimate of drug-likeness (QED) is 0.493. The van der Waals surface area contributed by atoms with Gasteiger partial charge in [-0.2, -0.15) is 0 Å². The summed E-state index contributed by atoms with van der Waals surface area (Å²) < 4.78 is 11.5. The van der Waals surface area contributed by atoms with Gasteiger partial charge in [-0.15, -0.1) is 0 Å². The number of ether oxygens (including phenoxy) is 2. The summed E-state index contributed by atoms with van der Waals surface area (Å²) in [6, 6.07) is 12.5. The minimum absolute atomic E-state index is 0.0308. The Hall–Kier alpha value is -2.77. The number of nitrogens with one attached hydrogen (secondary N) is 3. The van der Waals surface area contributed by atoms with Crippen molar-refractivity contribution in [2.24, 2.45) is 0 Å². The van der Waals surface area contributed by atoms with Crippen LogP contribution in [0.25, 0.3) is 0 Å². The van der Waals surface area contributed by atoms with Gasteiger partial charge < -0.3 is 25.4 Å². The maximum Gasteiger partial charge on any atom is 0.243 e. The lowest BCUT2D eigenvalue weighted by atomic mass is 10.2. The molecule has 2 amide bonds. The van der Waals surface area contributed by atoms with Crippen LogP contribution in [0.1, 0.15) is 32.6 Å². The molecule has 0 radical (unpaired) electrons. The Morgan fingerprint density at radius 2 is 1.97 bits per heavy atom.